The number of carbonyl (C=O) groups is 1. The van der Waals surface area contributed by atoms with Crippen molar-refractivity contribution in [1.82, 2.24) is 5.32 Å². The molecule has 0 bridgehead atoms. The molecule has 2 aromatic carbocycles. The first-order valence-electron chi connectivity index (χ1n) is 16.3. The molecule has 0 radical (unpaired) electrons. The van der Waals surface area contributed by atoms with Crippen molar-refractivity contribution in [1.29, 1.82) is 0 Å². The lowest BCUT2D eigenvalue weighted by Gasteiger charge is -2.36. The van der Waals surface area contributed by atoms with Crippen LogP contribution in [0.25, 0.3) is 0 Å². The fraction of sp³-hybridized carbons (Fsp3) is 0.629. The molecular formula is C35H48F6NO7P. The van der Waals surface area contributed by atoms with Crippen LogP contribution >= 0.6 is 7.82 Å². The minimum atomic E-state index is -4.75. The molecule has 3 rings (SSSR count). The topological polar surface area (TPSA) is 92.3 Å². The maximum atomic E-state index is 14.2. The van der Waals surface area contributed by atoms with Gasteiger partial charge >= 0.3 is 26.3 Å². The van der Waals surface area contributed by atoms with E-state index >= 15 is 0 Å². The maximum Gasteiger partial charge on any atom is 0.475 e. The molecule has 1 N–H and O–H groups in total. The van der Waals surface area contributed by atoms with E-state index in [1.807, 2.05) is 0 Å². The Morgan fingerprint density at radius 2 is 1.40 bits per heavy atom. The van der Waals surface area contributed by atoms with Gasteiger partial charge in [-0.25, -0.2) is 9.36 Å². The number of cyclic esters (lactones) is 1. The average molecular weight is 740 g/mol. The normalized spacial score (nSPS) is 19.0. The average Bonchev–Trinajstić information content (AvgIpc) is 3.05. The van der Waals surface area contributed by atoms with E-state index in [9.17, 15) is 35.7 Å². The van der Waals surface area contributed by atoms with E-state index in [1.54, 1.807) is 55.4 Å². The van der Waals surface area contributed by atoms with Crippen LogP contribution < -0.4 is 10.1 Å². The van der Waals surface area contributed by atoms with Gasteiger partial charge in [-0.2, -0.15) is 26.3 Å². The number of phosphoric acid groups is 1. The number of alkyl carbamates (subject to hydrolysis) is 1. The molecule has 0 aliphatic carbocycles. The summed E-state index contributed by atoms with van der Waals surface area (Å²) in [6.45, 7) is 13.1. The monoisotopic (exact) mass is 739 g/mol. The summed E-state index contributed by atoms with van der Waals surface area (Å²) in [7, 11) is -4.21. The maximum absolute atomic E-state index is 14.2. The zero-order valence-corrected chi connectivity index (χ0v) is 30.7. The third-order valence-electron chi connectivity index (χ3n) is 7.60. The smallest absolute Gasteiger partial charge is 0.475 e. The van der Waals surface area contributed by atoms with Crippen LogP contribution in [0.5, 0.6) is 5.75 Å². The van der Waals surface area contributed by atoms with Gasteiger partial charge in [0.1, 0.15) is 11.4 Å². The molecule has 15 heteroatoms. The number of phosphoric ester groups is 1. The largest absolute Gasteiger partial charge is 0.493 e. The number of benzene rings is 2. The number of nitrogens with one attached hydrogen (secondary N) is 1. The number of amides is 1. The van der Waals surface area contributed by atoms with E-state index in [0.717, 1.165) is 18.2 Å². The van der Waals surface area contributed by atoms with Crippen molar-refractivity contribution >= 4 is 13.9 Å². The molecule has 8 nitrogen and oxygen atoms in total. The summed E-state index contributed by atoms with van der Waals surface area (Å²) in [5, 5.41) is 2.81. The molecule has 1 atom stereocenters. The number of alkyl halides is 6. The van der Waals surface area contributed by atoms with Crippen LogP contribution in [-0.2, 0) is 48.1 Å². The second-order valence-corrected chi connectivity index (χ2v) is 16.7. The molecule has 1 saturated heterocycles. The predicted molar refractivity (Wildman–Crippen MR) is 176 cm³/mol. The first kappa shape index (κ1) is 41.6. The van der Waals surface area contributed by atoms with Gasteiger partial charge in [0.15, 0.2) is 0 Å². The van der Waals surface area contributed by atoms with Gasteiger partial charge in [0, 0.05) is 0 Å². The van der Waals surface area contributed by atoms with E-state index in [2.05, 4.69) is 5.32 Å². The molecule has 0 spiro atoms. The van der Waals surface area contributed by atoms with E-state index in [-0.39, 0.29) is 44.6 Å². The Morgan fingerprint density at radius 3 is 1.94 bits per heavy atom. The Bertz CT molecular complexity index is 1480. The summed E-state index contributed by atoms with van der Waals surface area (Å²) < 4.78 is 123. The third-order valence-corrected chi connectivity index (χ3v) is 9.59. The van der Waals surface area contributed by atoms with Gasteiger partial charge < -0.3 is 14.8 Å². The highest BCUT2D eigenvalue weighted by Gasteiger charge is 2.45. The number of carbonyl (C=O) groups excluding carboxylic acids is 1. The molecule has 50 heavy (non-hydrogen) atoms. The second kappa shape index (κ2) is 15.4. The molecule has 1 aliphatic heterocycles. The molecule has 1 fully saturated rings. The Kier molecular flexibility index (Phi) is 12.8. The van der Waals surface area contributed by atoms with Crippen molar-refractivity contribution in [2.75, 3.05) is 13.2 Å². The van der Waals surface area contributed by atoms with Crippen LogP contribution in [0.4, 0.5) is 31.1 Å². The van der Waals surface area contributed by atoms with Gasteiger partial charge in [-0.1, -0.05) is 18.2 Å². The quantitative estimate of drug-likeness (QED) is 0.124. The molecular weight excluding hydrogens is 691 g/mol. The first-order chi connectivity index (χ1) is 22.7. The summed E-state index contributed by atoms with van der Waals surface area (Å²) in [4.78, 5) is 12.9. The SMILES string of the molecule is CC(C)(C)OP(=O)(OC[C@]1(CCc2ccc(OCCCc3ccc(C(F)(F)F)cc3)c(C(F)(F)F)c2)CCC(C)(C)OC(=O)N1)OC(C)(C)C. The number of ether oxygens (including phenoxy) is 2. The van der Waals surface area contributed by atoms with E-state index < -0.39 is 59.7 Å². The highest BCUT2D eigenvalue weighted by Crippen LogP contribution is 2.56. The van der Waals surface area contributed by atoms with Crippen LogP contribution in [0, 0.1) is 0 Å². The van der Waals surface area contributed by atoms with Crippen LogP contribution in [0.15, 0.2) is 42.5 Å². The number of rotatable bonds is 13. The van der Waals surface area contributed by atoms with Gasteiger partial charge in [-0.15, -0.1) is 0 Å². The Labute approximate surface area is 290 Å². The standard InChI is InChI=1S/C35H48F6NO7P/c1-30(2,3)48-50(44,49-31(4,5)6)46-23-33(20-19-32(7,8)47-29(43)42-33)18-17-25-13-16-28(27(22-25)35(39,40)41)45-21-9-10-24-11-14-26(15-12-24)34(36,37)38/h11-16,22H,9-10,17-21,23H2,1-8H3,(H,42,43)/t33-/m0/s1. The van der Waals surface area contributed by atoms with E-state index in [1.165, 1.54) is 24.3 Å². The lowest BCUT2D eigenvalue weighted by atomic mass is 9.84. The summed E-state index contributed by atoms with van der Waals surface area (Å²) >= 11 is 0. The van der Waals surface area contributed by atoms with Crippen molar-refractivity contribution in [3.8, 4) is 5.75 Å². The van der Waals surface area contributed by atoms with Crippen LogP contribution in [0.3, 0.4) is 0 Å². The van der Waals surface area contributed by atoms with Gasteiger partial charge in [-0.3, -0.25) is 13.6 Å². The minimum absolute atomic E-state index is 0.0614. The predicted octanol–water partition coefficient (Wildman–Crippen LogP) is 10.5. The molecule has 0 unspecified atom stereocenters. The number of aryl methyl sites for hydroxylation is 2. The third kappa shape index (κ3) is 13.4. The molecule has 282 valence electrons. The van der Waals surface area contributed by atoms with Crippen molar-refractivity contribution in [3.63, 3.8) is 0 Å². The van der Waals surface area contributed by atoms with Gasteiger partial charge in [-0.05, 0) is 129 Å². The molecule has 1 amide bonds. The first-order valence-corrected chi connectivity index (χ1v) is 17.8. The zero-order chi connectivity index (χ0) is 37.8. The van der Waals surface area contributed by atoms with Gasteiger partial charge in [0.2, 0.25) is 0 Å². The van der Waals surface area contributed by atoms with Crippen LogP contribution in [0.2, 0.25) is 0 Å². The van der Waals surface area contributed by atoms with E-state index in [0.29, 0.717) is 24.0 Å². The van der Waals surface area contributed by atoms with E-state index in [4.69, 9.17) is 23.0 Å². The summed E-state index contributed by atoms with van der Waals surface area (Å²) in [5.74, 6) is -0.385. The van der Waals surface area contributed by atoms with Crippen molar-refractivity contribution < 1.29 is 58.7 Å². The number of halogens is 6. The van der Waals surface area contributed by atoms with Crippen molar-refractivity contribution in [3.05, 3.63) is 64.7 Å². The molecule has 1 heterocycles. The molecule has 2 aromatic rings. The van der Waals surface area contributed by atoms with Crippen molar-refractivity contribution in [2.45, 2.75) is 129 Å². The molecule has 1 aliphatic rings. The zero-order valence-electron chi connectivity index (χ0n) is 29.8. The van der Waals surface area contributed by atoms with Crippen LogP contribution in [0.1, 0.15) is 103 Å². The minimum Gasteiger partial charge on any atom is -0.493 e. The lowest BCUT2D eigenvalue weighted by Crippen LogP contribution is -2.51. The number of hydrogen-bond acceptors (Lipinski definition) is 7. The van der Waals surface area contributed by atoms with Crippen LogP contribution in [-0.4, -0.2) is 41.6 Å². The molecule has 0 saturated carbocycles. The van der Waals surface area contributed by atoms with Gasteiger partial charge in [0.05, 0.1) is 41.1 Å². The Morgan fingerprint density at radius 1 is 0.820 bits per heavy atom. The highest BCUT2D eigenvalue weighted by atomic mass is 31.2. The summed E-state index contributed by atoms with van der Waals surface area (Å²) in [6, 6.07) is 8.26. The highest BCUT2D eigenvalue weighted by molar-refractivity contribution is 7.48. The molecule has 0 aromatic heterocycles. The summed E-state index contributed by atoms with van der Waals surface area (Å²) in [5.41, 5.74) is -4.80. The Balaban J connectivity index is 1.79. The second-order valence-electron chi connectivity index (χ2n) is 15.2. The Hall–Kier alpha value is -2.80. The summed E-state index contributed by atoms with van der Waals surface area (Å²) in [6.07, 6.45) is -8.59. The van der Waals surface area contributed by atoms with Gasteiger partial charge in [0.25, 0.3) is 0 Å². The number of hydrogen-bond donors (Lipinski definition) is 1. The fourth-order valence-electron chi connectivity index (χ4n) is 5.24. The lowest BCUT2D eigenvalue weighted by molar-refractivity contribution is -0.139. The fourth-order valence-corrected chi connectivity index (χ4v) is 7.13. The van der Waals surface area contributed by atoms with Crippen molar-refractivity contribution in [2.24, 2.45) is 0 Å².